The highest BCUT2D eigenvalue weighted by Crippen LogP contribution is 2.68. The number of rotatable bonds is 1. The van der Waals surface area contributed by atoms with Crippen LogP contribution in [0.4, 0.5) is 30.7 Å². The molecule has 10 heteroatoms. The molecule has 0 aromatic heterocycles. The first kappa shape index (κ1) is 11.0. The Bertz CT molecular complexity index is 282. The van der Waals surface area contributed by atoms with Gasteiger partial charge in [-0.15, -0.1) is 0 Å². The first-order valence-corrected chi connectivity index (χ1v) is 2.91. The van der Waals surface area contributed by atoms with Crippen LogP contribution in [-0.4, -0.2) is 28.5 Å². The zero-order valence-electron chi connectivity index (χ0n) is 5.91. The van der Waals surface area contributed by atoms with Crippen molar-refractivity contribution in [2.75, 3.05) is 0 Å². The summed E-state index contributed by atoms with van der Waals surface area (Å²) in [5.74, 6) is -23.8. The standard InChI is InChI=1S/C4F7NO2/c5-1(6)2(7,8)4(11,12(13)14)3(1,9)10. The van der Waals surface area contributed by atoms with Gasteiger partial charge in [0.15, 0.2) is 0 Å². The monoisotopic (exact) mass is 227 g/mol. The van der Waals surface area contributed by atoms with Gasteiger partial charge in [0.25, 0.3) is 0 Å². The second-order valence-corrected chi connectivity index (χ2v) is 2.60. The van der Waals surface area contributed by atoms with Crippen LogP contribution in [0.15, 0.2) is 0 Å². The van der Waals surface area contributed by atoms with E-state index in [1.54, 1.807) is 0 Å². The van der Waals surface area contributed by atoms with Crippen LogP contribution in [0.3, 0.4) is 0 Å². The number of hydrogen-bond donors (Lipinski definition) is 0. The molecule has 14 heavy (non-hydrogen) atoms. The molecule has 1 fully saturated rings. The molecule has 1 aliphatic rings. The lowest BCUT2D eigenvalue weighted by molar-refractivity contribution is -0.727. The number of alkyl halides is 7. The number of nitrogens with zero attached hydrogens (tertiary/aromatic N) is 1. The highest BCUT2D eigenvalue weighted by molar-refractivity contribution is 5.22. The van der Waals surface area contributed by atoms with E-state index in [9.17, 15) is 40.8 Å². The van der Waals surface area contributed by atoms with Crippen LogP contribution in [0.5, 0.6) is 0 Å². The van der Waals surface area contributed by atoms with Gasteiger partial charge in [-0.25, -0.2) is 0 Å². The van der Waals surface area contributed by atoms with Gasteiger partial charge < -0.3 is 0 Å². The van der Waals surface area contributed by atoms with Crippen molar-refractivity contribution in [1.82, 2.24) is 0 Å². The maximum absolute atomic E-state index is 12.4. The lowest BCUT2D eigenvalue weighted by atomic mass is 9.76. The van der Waals surface area contributed by atoms with E-state index in [1.807, 2.05) is 0 Å². The van der Waals surface area contributed by atoms with Gasteiger partial charge in [0.2, 0.25) is 0 Å². The zero-order chi connectivity index (χ0) is 11.6. The summed E-state index contributed by atoms with van der Waals surface area (Å²) in [6, 6.07) is 0. The van der Waals surface area contributed by atoms with E-state index >= 15 is 0 Å². The molecule has 0 N–H and O–H groups in total. The lowest BCUT2D eigenvalue weighted by Gasteiger charge is -2.47. The maximum Gasteiger partial charge on any atom is 0.496 e. The molecule has 82 valence electrons. The Kier molecular flexibility index (Phi) is 1.66. The molecule has 3 nitrogen and oxygen atoms in total. The summed E-state index contributed by atoms with van der Waals surface area (Å²) in [5.41, 5.74) is 0. The van der Waals surface area contributed by atoms with Crippen molar-refractivity contribution in [2.24, 2.45) is 0 Å². The summed E-state index contributed by atoms with van der Waals surface area (Å²) in [5, 5.41) is 9.56. The van der Waals surface area contributed by atoms with Crippen molar-refractivity contribution < 1.29 is 35.7 Å². The first-order valence-electron chi connectivity index (χ1n) is 2.91. The van der Waals surface area contributed by atoms with Gasteiger partial charge >= 0.3 is 23.6 Å². The highest BCUT2D eigenvalue weighted by Gasteiger charge is 3.08. The summed E-state index contributed by atoms with van der Waals surface area (Å²) in [7, 11) is 0. The Morgan fingerprint density at radius 1 is 0.786 bits per heavy atom. The van der Waals surface area contributed by atoms with Gasteiger partial charge in [-0.2, -0.15) is 30.7 Å². The Balaban J connectivity index is 3.32. The fraction of sp³-hybridized carbons (Fsp3) is 1.00. The van der Waals surface area contributed by atoms with E-state index in [0.717, 1.165) is 0 Å². The Morgan fingerprint density at radius 3 is 1.21 bits per heavy atom. The normalized spacial score (nSPS) is 30.5. The van der Waals surface area contributed by atoms with E-state index in [2.05, 4.69) is 0 Å². The predicted octanol–water partition coefficient (Wildman–Crippen LogP) is 1.85. The molecule has 1 saturated carbocycles. The molecule has 1 rings (SSSR count). The summed E-state index contributed by atoms with van der Waals surface area (Å²) in [4.78, 5) is 6.81. The highest BCUT2D eigenvalue weighted by atomic mass is 19.4. The van der Waals surface area contributed by atoms with Crippen molar-refractivity contribution in [3.05, 3.63) is 10.1 Å². The van der Waals surface area contributed by atoms with Crippen LogP contribution in [-0.2, 0) is 0 Å². The van der Waals surface area contributed by atoms with Gasteiger partial charge in [0.1, 0.15) is 0 Å². The van der Waals surface area contributed by atoms with Gasteiger partial charge in [0, 0.05) is 0 Å². The lowest BCUT2D eigenvalue weighted by Crippen LogP contribution is -2.86. The SMILES string of the molecule is O=[N+]([O-])C1(F)C(F)(F)C(F)(F)C1(F)F. The molecule has 0 radical (unpaired) electrons. The molecular weight excluding hydrogens is 227 g/mol. The summed E-state index contributed by atoms with van der Waals surface area (Å²) >= 11 is 0. The third-order valence-electron chi connectivity index (χ3n) is 1.87. The maximum atomic E-state index is 12.4. The molecule has 0 amide bonds. The van der Waals surface area contributed by atoms with Crippen LogP contribution >= 0.6 is 0 Å². The minimum atomic E-state index is -6.05. The average Bonchev–Trinajstić information content (AvgIpc) is 2.00. The van der Waals surface area contributed by atoms with Crippen molar-refractivity contribution in [1.29, 1.82) is 0 Å². The minimum Gasteiger partial charge on any atom is -0.261 e. The van der Waals surface area contributed by atoms with E-state index in [4.69, 9.17) is 0 Å². The Morgan fingerprint density at radius 2 is 1.07 bits per heavy atom. The molecule has 0 unspecified atom stereocenters. The fourth-order valence-electron chi connectivity index (χ4n) is 0.977. The van der Waals surface area contributed by atoms with Gasteiger partial charge in [-0.3, -0.25) is 10.1 Å². The molecule has 0 heterocycles. The van der Waals surface area contributed by atoms with Crippen LogP contribution < -0.4 is 0 Å². The van der Waals surface area contributed by atoms with E-state index in [-0.39, 0.29) is 0 Å². The van der Waals surface area contributed by atoms with Crippen molar-refractivity contribution in [2.45, 2.75) is 23.6 Å². The van der Waals surface area contributed by atoms with Crippen LogP contribution in [0.25, 0.3) is 0 Å². The molecule has 0 atom stereocenters. The number of hydrogen-bond acceptors (Lipinski definition) is 2. The minimum absolute atomic E-state index is 2.75. The summed E-state index contributed by atoms with van der Waals surface area (Å²) < 4.78 is 84.5. The first-order chi connectivity index (χ1) is 5.94. The fourth-order valence-corrected chi connectivity index (χ4v) is 0.977. The van der Waals surface area contributed by atoms with Crippen LogP contribution in [0.1, 0.15) is 0 Å². The molecule has 1 aliphatic carbocycles. The molecule has 0 saturated heterocycles. The van der Waals surface area contributed by atoms with Crippen molar-refractivity contribution in [3.63, 3.8) is 0 Å². The van der Waals surface area contributed by atoms with Crippen molar-refractivity contribution in [3.8, 4) is 0 Å². The quantitative estimate of drug-likeness (QED) is 0.297. The Labute approximate surface area is 70.6 Å². The van der Waals surface area contributed by atoms with Gasteiger partial charge in [-0.05, 0) is 0 Å². The molecule has 0 bridgehead atoms. The summed E-state index contributed by atoms with van der Waals surface area (Å²) in [6.45, 7) is 0. The topological polar surface area (TPSA) is 43.1 Å². The third-order valence-corrected chi connectivity index (χ3v) is 1.87. The molecule has 0 aromatic carbocycles. The van der Waals surface area contributed by atoms with Crippen LogP contribution in [0.2, 0.25) is 0 Å². The van der Waals surface area contributed by atoms with Crippen LogP contribution in [0, 0.1) is 10.1 Å². The smallest absolute Gasteiger partial charge is 0.261 e. The van der Waals surface area contributed by atoms with Gasteiger partial charge in [-0.1, -0.05) is 0 Å². The van der Waals surface area contributed by atoms with E-state index in [0.29, 0.717) is 0 Å². The van der Waals surface area contributed by atoms with Crippen molar-refractivity contribution >= 4 is 0 Å². The Hall–Kier alpha value is -1.09. The second kappa shape index (κ2) is 2.11. The number of nitro groups is 1. The molecular formula is C4F7NO2. The summed E-state index contributed by atoms with van der Waals surface area (Å²) in [6.07, 6.45) is 0. The van der Waals surface area contributed by atoms with E-state index < -0.39 is 28.5 Å². The number of halogens is 7. The molecule has 0 aliphatic heterocycles. The third kappa shape index (κ3) is 0.640. The largest absolute Gasteiger partial charge is 0.496 e. The molecule has 0 spiro atoms. The average molecular weight is 227 g/mol. The second-order valence-electron chi connectivity index (χ2n) is 2.60. The van der Waals surface area contributed by atoms with Gasteiger partial charge in [0.05, 0.1) is 4.92 Å². The van der Waals surface area contributed by atoms with E-state index in [1.165, 1.54) is 0 Å². The molecule has 0 aromatic rings. The predicted molar refractivity (Wildman–Crippen MR) is 25.7 cm³/mol. The zero-order valence-corrected chi connectivity index (χ0v) is 5.91.